The van der Waals surface area contributed by atoms with Crippen LogP contribution in [0.3, 0.4) is 0 Å². The molecule has 28 heavy (non-hydrogen) atoms. The molecule has 0 spiro atoms. The van der Waals surface area contributed by atoms with Crippen molar-refractivity contribution < 1.29 is 4.79 Å². The summed E-state index contributed by atoms with van der Waals surface area (Å²) in [7, 11) is 1.64. The van der Waals surface area contributed by atoms with Gasteiger partial charge < -0.3 is 14.6 Å². The SMILES string of the molecule is Cn1ncc(N2CCC(CNC(=O)CCc3cn4ccccc4n3)C2)cc1=O. The molecule has 4 heterocycles. The van der Waals surface area contributed by atoms with Crippen LogP contribution in [0.15, 0.2) is 47.7 Å². The maximum absolute atomic E-state index is 12.2. The van der Waals surface area contributed by atoms with Gasteiger partial charge in [0.1, 0.15) is 5.65 Å². The topological polar surface area (TPSA) is 84.5 Å². The number of nitrogens with one attached hydrogen (secondary N) is 1. The second kappa shape index (κ2) is 7.84. The maximum atomic E-state index is 12.2. The molecule has 0 bridgehead atoms. The molecule has 1 unspecified atom stereocenters. The molecule has 1 amide bonds. The molecule has 1 saturated heterocycles. The number of carbonyl (C=O) groups is 1. The molecule has 8 heteroatoms. The fourth-order valence-electron chi connectivity index (χ4n) is 3.56. The number of fused-ring (bicyclic) bond motifs is 1. The summed E-state index contributed by atoms with van der Waals surface area (Å²) >= 11 is 0. The normalized spacial score (nSPS) is 16.6. The fraction of sp³-hybridized carbons (Fsp3) is 0.400. The van der Waals surface area contributed by atoms with E-state index in [2.05, 4.69) is 20.3 Å². The average Bonchev–Trinajstić information content (AvgIpc) is 3.33. The van der Waals surface area contributed by atoms with Gasteiger partial charge in [-0.2, -0.15) is 5.10 Å². The number of nitrogens with zero attached hydrogens (tertiary/aromatic N) is 5. The number of imidazole rings is 1. The summed E-state index contributed by atoms with van der Waals surface area (Å²) < 4.78 is 3.28. The minimum absolute atomic E-state index is 0.0470. The molecular formula is C20H24N6O2. The second-order valence-electron chi connectivity index (χ2n) is 7.28. The molecule has 1 fully saturated rings. The molecule has 0 aromatic carbocycles. The van der Waals surface area contributed by atoms with E-state index in [4.69, 9.17) is 0 Å². The highest BCUT2D eigenvalue weighted by atomic mass is 16.1. The van der Waals surface area contributed by atoms with Gasteiger partial charge in [0.25, 0.3) is 5.56 Å². The van der Waals surface area contributed by atoms with E-state index in [1.807, 2.05) is 35.0 Å². The van der Waals surface area contributed by atoms with Crippen LogP contribution >= 0.6 is 0 Å². The lowest BCUT2D eigenvalue weighted by molar-refractivity contribution is -0.121. The summed E-state index contributed by atoms with van der Waals surface area (Å²) in [5.41, 5.74) is 2.56. The number of anilines is 1. The third-order valence-electron chi connectivity index (χ3n) is 5.21. The smallest absolute Gasteiger partial charge is 0.268 e. The van der Waals surface area contributed by atoms with Crippen molar-refractivity contribution in [1.82, 2.24) is 24.5 Å². The van der Waals surface area contributed by atoms with Gasteiger partial charge in [-0.15, -0.1) is 0 Å². The Morgan fingerprint density at radius 1 is 1.36 bits per heavy atom. The molecule has 3 aromatic rings. The van der Waals surface area contributed by atoms with Gasteiger partial charge in [-0.25, -0.2) is 9.67 Å². The number of carbonyl (C=O) groups excluding carboxylic acids is 1. The first kappa shape index (κ1) is 18.2. The molecular weight excluding hydrogens is 356 g/mol. The molecule has 146 valence electrons. The molecule has 4 rings (SSSR count). The van der Waals surface area contributed by atoms with Crippen LogP contribution in [0.2, 0.25) is 0 Å². The molecule has 8 nitrogen and oxygen atoms in total. The van der Waals surface area contributed by atoms with Gasteiger partial charge >= 0.3 is 0 Å². The number of hydrogen-bond acceptors (Lipinski definition) is 5. The monoisotopic (exact) mass is 380 g/mol. The fourth-order valence-corrected chi connectivity index (χ4v) is 3.56. The van der Waals surface area contributed by atoms with E-state index in [0.717, 1.165) is 36.5 Å². The van der Waals surface area contributed by atoms with Crippen LogP contribution in [0.4, 0.5) is 5.69 Å². The van der Waals surface area contributed by atoms with Crippen LogP contribution < -0.4 is 15.8 Å². The van der Waals surface area contributed by atoms with Crippen molar-refractivity contribution in [1.29, 1.82) is 0 Å². The Balaban J connectivity index is 1.23. The van der Waals surface area contributed by atoms with E-state index >= 15 is 0 Å². The minimum Gasteiger partial charge on any atom is -0.370 e. The largest absolute Gasteiger partial charge is 0.370 e. The lowest BCUT2D eigenvalue weighted by Crippen LogP contribution is -2.31. The first-order valence-electron chi connectivity index (χ1n) is 9.56. The first-order valence-corrected chi connectivity index (χ1v) is 9.56. The Hall–Kier alpha value is -3.16. The number of aryl methyl sites for hydroxylation is 2. The van der Waals surface area contributed by atoms with Crippen LogP contribution in [0, 0.1) is 5.92 Å². The van der Waals surface area contributed by atoms with Crippen LogP contribution in [0.25, 0.3) is 5.65 Å². The van der Waals surface area contributed by atoms with Crippen LogP contribution in [-0.4, -0.2) is 44.7 Å². The molecule has 1 aliphatic heterocycles. The van der Waals surface area contributed by atoms with Crippen molar-refractivity contribution in [3.8, 4) is 0 Å². The maximum Gasteiger partial charge on any atom is 0.268 e. The zero-order valence-electron chi connectivity index (χ0n) is 15.9. The van der Waals surface area contributed by atoms with Crippen molar-refractivity contribution >= 4 is 17.2 Å². The highest BCUT2D eigenvalue weighted by Gasteiger charge is 2.23. The number of aromatic nitrogens is 4. The molecule has 3 aromatic heterocycles. The highest BCUT2D eigenvalue weighted by molar-refractivity contribution is 5.76. The molecule has 0 saturated carbocycles. The van der Waals surface area contributed by atoms with Gasteiger partial charge in [0.15, 0.2) is 0 Å². The summed E-state index contributed by atoms with van der Waals surface area (Å²) in [5.74, 6) is 0.425. The van der Waals surface area contributed by atoms with E-state index in [0.29, 0.717) is 25.3 Å². The standard InChI is InChI=1S/C20H24N6O2/c1-24-20(28)10-17(12-22-24)25-9-7-15(13-25)11-21-19(27)6-5-16-14-26-8-3-2-4-18(26)23-16/h2-4,8,10,12,14-15H,5-7,9,11,13H2,1H3,(H,21,27). The van der Waals surface area contributed by atoms with Crippen molar-refractivity contribution in [3.63, 3.8) is 0 Å². The third kappa shape index (κ3) is 4.05. The number of hydrogen-bond donors (Lipinski definition) is 1. The summed E-state index contributed by atoms with van der Waals surface area (Å²) in [6, 6.07) is 7.48. The van der Waals surface area contributed by atoms with Crippen molar-refractivity contribution in [2.75, 3.05) is 24.5 Å². The third-order valence-corrected chi connectivity index (χ3v) is 5.21. The summed E-state index contributed by atoms with van der Waals surface area (Å²) in [5, 5.41) is 7.12. The number of amides is 1. The Bertz CT molecular complexity index is 1010. The average molecular weight is 380 g/mol. The Labute approximate surface area is 162 Å². The van der Waals surface area contributed by atoms with E-state index in [-0.39, 0.29) is 11.5 Å². The molecule has 0 radical (unpaired) electrons. The van der Waals surface area contributed by atoms with Gasteiger partial charge in [-0.3, -0.25) is 9.59 Å². The predicted octanol–water partition coefficient (Wildman–Crippen LogP) is 1.00. The van der Waals surface area contributed by atoms with E-state index in [1.54, 1.807) is 19.3 Å². The van der Waals surface area contributed by atoms with Crippen molar-refractivity contribution in [2.24, 2.45) is 13.0 Å². The van der Waals surface area contributed by atoms with E-state index in [1.165, 1.54) is 4.68 Å². The summed E-state index contributed by atoms with van der Waals surface area (Å²) in [4.78, 5) is 30.6. The van der Waals surface area contributed by atoms with Gasteiger partial charge in [0, 0.05) is 51.6 Å². The minimum atomic E-state index is -0.110. The lowest BCUT2D eigenvalue weighted by Gasteiger charge is -2.18. The van der Waals surface area contributed by atoms with Crippen molar-refractivity contribution in [3.05, 3.63) is 58.9 Å². The van der Waals surface area contributed by atoms with E-state index < -0.39 is 0 Å². The molecule has 0 aliphatic carbocycles. The van der Waals surface area contributed by atoms with Crippen LogP contribution in [0.1, 0.15) is 18.5 Å². The van der Waals surface area contributed by atoms with Gasteiger partial charge in [0.2, 0.25) is 5.91 Å². The van der Waals surface area contributed by atoms with Gasteiger partial charge in [0.05, 0.1) is 17.6 Å². The zero-order valence-corrected chi connectivity index (χ0v) is 15.9. The lowest BCUT2D eigenvalue weighted by atomic mass is 10.1. The zero-order chi connectivity index (χ0) is 19.5. The predicted molar refractivity (Wildman–Crippen MR) is 106 cm³/mol. The first-order chi connectivity index (χ1) is 13.6. The van der Waals surface area contributed by atoms with Crippen LogP contribution in [0.5, 0.6) is 0 Å². The van der Waals surface area contributed by atoms with Gasteiger partial charge in [-0.05, 0) is 30.9 Å². The highest BCUT2D eigenvalue weighted by Crippen LogP contribution is 2.21. The van der Waals surface area contributed by atoms with Gasteiger partial charge in [-0.1, -0.05) is 6.07 Å². The molecule has 1 N–H and O–H groups in total. The molecule has 1 aliphatic rings. The quantitative estimate of drug-likeness (QED) is 0.690. The summed E-state index contributed by atoms with van der Waals surface area (Å²) in [6.07, 6.45) is 7.69. The Morgan fingerprint density at radius 2 is 2.25 bits per heavy atom. The second-order valence-corrected chi connectivity index (χ2v) is 7.28. The number of pyridine rings is 1. The summed E-state index contributed by atoms with van der Waals surface area (Å²) in [6.45, 7) is 2.34. The Morgan fingerprint density at radius 3 is 3.07 bits per heavy atom. The number of rotatable bonds is 6. The van der Waals surface area contributed by atoms with Crippen molar-refractivity contribution in [2.45, 2.75) is 19.3 Å². The molecule has 1 atom stereocenters. The van der Waals surface area contributed by atoms with Crippen LogP contribution in [-0.2, 0) is 18.3 Å². The Kier molecular flexibility index (Phi) is 5.10. The van der Waals surface area contributed by atoms with E-state index in [9.17, 15) is 9.59 Å².